The van der Waals surface area contributed by atoms with Crippen LogP contribution in [-0.2, 0) is 19.1 Å². The van der Waals surface area contributed by atoms with Crippen molar-refractivity contribution in [2.75, 3.05) is 0 Å². The van der Waals surface area contributed by atoms with E-state index in [2.05, 4.69) is 15.1 Å². The molecule has 2 aromatic heterocycles. The average molecular weight is 358 g/mol. The first-order valence-electron chi connectivity index (χ1n) is 7.88. The van der Waals surface area contributed by atoms with Gasteiger partial charge in [-0.05, 0) is 17.7 Å². The van der Waals surface area contributed by atoms with Crippen molar-refractivity contribution in [1.82, 2.24) is 19.7 Å². The van der Waals surface area contributed by atoms with E-state index in [0.717, 1.165) is 10.1 Å². The van der Waals surface area contributed by atoms with Crippen molar-refractivity contribution in [1.29, 1.82) is 0 Å². The number of fused-ring (bicyclic) bond motifs is 1. The maximum atomic E-state index is 13.3. The predicted molar refractivity (Wildman–Crippen MR) is 87.4 cm³/mol. The lowest BCUT2D eigenvalue weighted by molar-refractivity contribution is -0.146. The van der Waals surface area contributed by atoms with Crippen LogP contribution in [0, 0.1) is 0 Å². The van der Waals surface area contributed by atoms with Gasteiger partial charge in [-0.15, -0.1) is 0 Å². The lowest BCUT2D eigenvalue weighted by Gasteiger charge is -2.08. The summed E-state index contributed by atoms with van der Waals surface area (Å²) in [6.07, 6.45) is -4.13. The third kappa shape index (κ3) is 3.17. The van der Waals surface area contributed by atoms with Gasteiger partial charge in [-0.3, -0.25) is 0 Å². The second-order valence-corrected chi connectivity index (χ2v) is 5.77. The van der Waals surface area contributed by atoms with E-state index in [4.69, 9.17) is 4.52 Å². The third-order valence-corrected chi connectivity index (χ3v) is 3.92. The van der Waals surface area contributed by atoms with Crippen LogP contribution < -0.4 is 0 Å². The van der Waals surface area contributed by atoms with Gasteiger partial charge >= 0.3 is 6.18 Å². The number of halogens is 3. The van der Waals surface area contributed by atoms with Crippen LogP contribution in [0.3, 0.4) is 0 Å². The molecule has 0 spiro atoms. The highest BCUT2D eigenvalue weighted by Crippen LogP contribution is 2.31. The van der Waals surface area contributed by atoms with Crippen molar-refractivity contribution in [3.8, 4) is 0 Å². The van der Waals surface area contributed by atoms with Crippen LogP contribution in [-0.4, -0.2) is 19.7 Å². The molecule has 0 aliphatic rings. The Morgan fingerprint density at radius 2 is 1.65 bits per heavy atom. The molecule has 4 rings (SSSR count). The summed E-state index contributed by atoms with van der Waals surface area (Å²) in [7, 11) is 0. The number of nitrogens with zero attached hydrogens (tertiary/aromatic N) is 4. The smallest absolute Gasteiger partial charge is 0.337 e. The van der Waals surface area contributed by atoms with Gasteiger partial charge in [-0.1, -0.05) is 47.6 Å². The summed E-state index contributed by atoms with van der Waals surface area (Å²) < 4.78 is 46.2. The van der Waals surface area contributed by atoms with Crippen LogP contribution in [0.4, 0.5) is 13.2 Å². The minimum Gasteiger partial charge on any atom is -0.337 e. The molecular formula is C18H13F3N4O. The number of benzene rings is 2. The van der Waals surface area contributed by atoms with Gasteiger partial charge in [-0.25, -0.2) is 4.98 Å². The van der Waals surface area contributed by atoms with Crippen LogP contribution in [0.15, 0.2) is 59.1 Å². The van der Waals surface area contributed by atoms with Gasteiger partial charge in [0.1, 0.15) is 6.54 Å². The molecule has 0 fully saturated rings. The molecule has 0 amide bonds. The average Bonchev–Trinajstić information content (AvgIpc) is 3.21. The van der Waals surface area contributed by atoms with Crippen molar-refractivity contribution < 1.29 is 17.7 Å². The first kappa shape index (κ1) is 16.3. The van der Waals surface area contributed by atoms with Gasteiger partial charge in [0.05, 0.1) is 11.0 Å². The molecular weight excluding hydrogens is 345 g/mol. The first-order chi connectivity index (χ1) is 12.5. The second kappa shape index (κ2) is 6.29. The molecule has 0 radical (unpaired) electrons. The zero-order valence-corrected chi connectivity index (χ0v) is 13.4. The maximum Gasteiger partial charge on any atom is 0.449 e. The number of imidazole rings is 1. The van der Waals surface area contributed by atoms with Gasteiger partial charge in [0.2, 0.25) is 11.7 Å². The number of hydrogen-bond donors (Lipinski definition) is 0. The zero-order valence-electron chi connectivity index (χ0n) is 13.4. The highest BCUT2D eigenvalue weighted by atomic mass is 19.4. The number of hydrogen-bond acceptors (Lipinski definition) is 4. The minimum absolute atomic E-state index is 0.101. The van der Waals surface area contributed by atoms with Crippen LogP contribution in [0.5, 0.6) is 0 Å². The number of rotatable bonds is 4. The summed E-state index contributed by atoms with van der Waals surface area (Å²) >= 11 is 0. The topological polar surface area (TPSA) is 56.7 Å². The molecule has 0 saturated heterocycles. The largest absolute Gasteiger partial charge is 0.449 e. The normalized spacial score (nSPS) is 12.0. The maximum absolute atomic E-state index is 13.3. The molecule has 0 bridgehead atoms. The van der Waals surface area contributed by atoms with E-state index in [0.29, 0.717) is 17.8 Å². The van der Waals surface area contributed by atoms with Crippen molar-refractivity contribution in [2.45, 2.75) is 19.1 Å². The van der Waals surface area contributed by atoms with Crippen molar-refractivity contribution in [3.63, 3.8) is 0 Å². The van der Waals surface area contributed by atoms with Gasteiger partial charge in [0.15, 0.2) is 5.82 Å². The molecule has 2 heterocycles. The van der Waals surface area contributed by atoms with Gasteiger partial charge in [-0.2, -0.15) is 18.2 Å². The molecule has 2 aromatic carbocycles. The molecule has 8 heteroatoms. The Labute approximate surface area is 146 Å². The van der Waals surface area contributed by atoms with E-state index in [1.807, 2.05) is 30.3 Å². The van der Waals surface area contributed by atoms with Gasteiger partial charge in [0.25, 0.3) is 0 Å². The quantitative estimate of drug-likeness (QED) is 0.552. The fraction of sp³-hybridized carbons (Fsp3) is 0.167. The fourth-order valence-corrected chi connectivity index (χ4v) is 2.79. The predicted octanol–water partition coefficient (Wildman–Crippen LogP) is 4.08. The van der Waals surface area contributed by atoms with E-state index < -0.39 is 12.0 Å². The van der Waals surface area contributed by atoms with E-state index >= 15 is 0 Å². The Kier molecular flexibility index (Phi) is 3.95. The summed E-state index contributed by atoms with van der Waals surface area (Å²) in [4.78, 5) is 7.92. The highest BCUT2D eigenvalue weighted by Gasteiger charge is 2.37. The molecule has 0 atom stereocenters. The van der Waals surface area contributed by atoms with Crippen molar-refractivity contribution in [3.05, 3.63) is 77.7 Å². The Bertz CT molecular complexity index is 1040. The number of alkyl halides is 3. The van der Waals surface area contributed by atoms with Crippen LogP contribution in [0.25, 0.3) is 11.0 Å². The molecule has 0 unspecified atom stereocenters. The Balaban J connectivity index is 1.65. The molecule has 132 valence electrons. The van der Waals surface area contributed by atoms with Crippen LogP contribution in [0.2, 0.25) is 0 Å². The van der Waals surface area contributed by atoms with Crippen LogP contribution >= 0.6 is 0 Å². The first-order valence-corrected chi connectivity index (χ1v) is 7.88. The third-order valence-electron chi connectivity index (χ3n) is 3.92. The Morgan fingerprint density at radius 1 is 0.923 bits per heavy atom. The second-order valence-electron chi connectivity index (χ2n) is 5.77. The molecule has 0 aliphatic carbocycles. The van der Waals surface area contributed by atoms with Crippen LogP contribution in [0.1, 0.15) is 23.1 Å². The summed E-state index contributed by atoms with van der Waals surface area (Å²) in [6, 6.07) is 15.9. The SMILES string of the molecule is FC(F)(F)c1nc2ccccc2n1Cc1nc(Cc2ccccc2)no1. The van der Waals surface area contributed by atoms with Crippen molar-refractivity contribution in [2.24, 2.45) is 0 Å². The fourth-order valence-electron chi connectivity index (χ4n) is 2.79. The Hall–Kier alpha value is -3.16. The Morgan fingerprint density at radius 3 is 2.42 bits per heavy atom. The van der Waals surface area contributed by atoms with E-state index in [1.54, 1.807) is 18.2 Å². The monoisotopic (exact) mass is 358 g/mol. The van der Waals surface area contributed by atoms with E-state index in [9.17, 15) is 13.2 Å². The lowest BCUT2D eigenvalue weighted by atomic mass is 10.1. The van der Waals surface area contributed by atoms with Gasteiger partial charge < -0.3 is 9.09 Å². The van der Waals surface area contributed by atoms with Gasteiger partial charge in [0, 0.05) is 6.42 Å². The van der Waals surface area contributed by atoms with E-state index in [-0.39, 0.29) is 18.0 Å². The molecule has 5 nitrogen and oxygen atoms in total. The van der Waals surface area contributed by atoms with E-state index in [1.165, 1.54) is 6.07 Å². The molecule has 0 N–H and O–H groups in total. The molecule has 26 heavy (non-hydrogen) atoms. The molecule has 0 aliphatic heterocycles. The standard InChI is InChI=1S/C18H13F3N4O/c19-18(20,21)17-22-13-8-4-5-9-14(13)25(17)11-16-23-15(24-26-16)10-12-6-2-1-3-7-12/h1-9H,10-11H2. The number of para-hydroxylation sites is 2. The lowest BCUT2D eigenvalue weighted by Crippen LogP contribution is -2.15. The van der Waals surface area contributed by atoms with Crippen molar-refractivity contribution >= 4 is 11.0 Å². The molecule has 0 saturated carbocycles. The zero-order chi connectivity index (χ0) is 18.1. The summed E-state index contributed by atoms with van der Waals surface area (Å²) in [5.74, 6) is -0.463. The summed E-state index contributed by atoms with van der Waals surface area (Å²) in [5, 5.41) is 3.86. The summed E-state index contributed by atoms with van der Waals surface area (Å²) in [6.45, 7) is -0.197. The minimum atomic E-state index is -4.58. The molecule has 4 aromatic rings. The summed E-state index contributed by atoms with van der Waals surface area (Å²) in [5.41, 5.74) is 1.62. The highest BCUT2D eigenvalue weighted by molar-refractivity contribution is 5.76. The number of aromatic nitrogens is 4.